The molecule has 0 aliphatic carbocycles. The van der Waals surface area contributed by atoms with Gasteiger partial charge in [-0.25, -0.2) is 0 Å². The summed E-state index contributed by atoms with van der Waals surface area (Å²) in [5, 5.41) is 2.28. The minimum Gasteiger partial charge on any atom is -0.459 e. The van der Waals surface area contributed by atoms with Gasteiger partial charge in [0.05, 0.1) is 0 Å². The molecular formula is C9H17Cl2NO2. The zero-order chi connectivity index (χ0) is 11.2. The Morgan fingerprint density at radius 2 is 2.07 bits per heavy atom. The van der Waals surface area contributed by atoms with Crippen LogP contribution in [0.5, 0.6) is 0 Å². The Morgan fingerprint density at radius 1 is 1.50 bits per heavy atom. The minimum absolute atomic E-state index is 0.378. The SMILES string of the molecule is CC(C)(C)OC(=O)C(Cl)CNCCCl. The molecule has 1 atom stereocenters. The van der Waals surface area contributed by atoms with Crippen LogP contribution < -0.4 is 5.32 Å². The van der Waals surface area contributed by atoms with Crippen molar-refractivity contribution in [3.8, 4) is 0 Å². The molecule has 0 saturated carbocycles. The molecule has 0 aliphatic heterocycles. The first-order valence-corrected chi connectivity index (χ1v) is 5.47. The number of hydrogen-bond donors (Lipinski definition) is 1. The van der Waals surface area contributed by atoms with Gasteiger partial charge in [-0.2, -0.15) is 0 Å². The number of hydrogen-bond acceptors (Lipinski definition) is 3. The number of esters is 1. The van der Waals surface area contributed by atoms with Crippen LogP contribution in [0.25, 0.3) is 0 Å². The van der Waals surface area contributed by atoms with Crippen LogP contribution in [-0.2, 0) is 9.53 Å². The summed E-state index contributed by atoms with van der Waals surface area (Å²) in [4.78, 5) is 11.3. The van der Waals surface area contributed by atoms with E-state index in [-0.39, 0.29) is 0 Å². The maximum absolute atomic E-state index is 11.3. The first-order valence-electron chi connectivity index (χ1n) is 4.50. The van der Waals surface area contributed by atoms with Crippen molar-refractivity contribution in [1.29, 1.82) is 0 Å². The van der Waals surface area contributed by atoms with Crippen LogP contribution in [0.3, 0.4) is 0 Å². The molecule has 1 unspecified atom stereocenters. The van der Waals surface area contributed by atoms with E-state index in [1.165, 1.54) is 0 Å². The number of carbonyl (C=O) groups excluding carboxylic acids is 1. The van der Waals surface area contributed by atoms with Crippen LogP contribution in [-0.4, -0.2) is 35.9 Å². The highest BCUT2D eigenvalue weighted by molar-refractivity contribution is 6.30. The van der Waals surface area contributed by atoms with Crippen LogP contribution >= 0.6 is 23.2 Å². The predicted molar refractivity (Wildman–Crippen MR) is 59.1 cm³/mol. The lowest BCUT2D eigenvalue weighted by Crippen LogP contribution is -2.35. The van der Waals surface area contributed by atoms with Crippen molar-refractivity contribution in [3.63, 3.8) is 0 Å². The summed E-state index contributed by atoms with van der Waals surface area (Å²) >= 11 is 11.2. The molecule has 0 bridgehead atoms. The number of carbonyl (C=O) groups is 1. The average molecular weight is 242 g/mol. The molecule has 0 rings (SSSR count). The van der Waals surface area contributed by atoms with E-state index >= 15 is 0 Å². The highest BCUT2D eigenvalue weighted by atomic mass is 35.5. The molecule has 84 valence electrons. The van der Waals surface area contributed by atoms with Crippen molar-refractivity contribution in [1.82, 2.24) is 5.32 Å². The Morgan fingerprint density at radius 3 is 2.50 bits per heavy atom. The van der Waals surface area contributed by atoms with E-state index in [0.717, 1.165) is 0 Å². The molecular weight excluding hydrogens is 225 g/mol. The van der Waals surface area contributed by atoms with E-state index in [2.05, 4.69) is 5.32 Å². The third kappa shape index (κ3) is 7.42. The van der Waals surface area contributed by atoms with Crippen molar-refractivity contribution in [2.45, 2.75) is 31.7 Å². The van der Waals surface area contributed by atoms with E-state index < -0.39 is 16.9 Å². The van der Waals surface area contributed by atoms with Gasteiger partial charge in [-0.15, -0.1) is 23.2 Å². The monoisotopic (exact) mass is 241 g/mol. The van der Waals surface area contributed by atoms with E-state index in [4.69, 9.17) is 27.9 Å². The van der Waals surface area contributed by atoms with E-state index in [1.54, 1.807) is 20.8 Å². The Hall–Kier alpha value is 0.01000. The number of rotatable bonds is 5. The summed E-state index contributed by atoms with van der Waals surface area (Å²) in [5.74, 6) is 0.0963. The van der Waals surface area contributed by atoms with Crippen LogP contribution in [0.2, 0.25) is 0 Å². The normalized spacial score (nSPS) is 13.8. The van der Waals surface area contributed by atoms with Gasteiger partial charge in [-0.05, 0) is 20.8 Å². The van der Waals surface area contributed by atoms with Crippen LogP contribution in [0, 0.1) is 0 Å². The van der Waals surface area contributed by atoms with E-state index in [1.807, 2.05) is 0 Å². The van der Waals surface area contributed by atoms with Gasteiger partial charge in [0, 0.05) is 19.0 Å². The standard InChI is InChI=1S/C9H17Cl2NO2/c1-9(2,3)14-8(13)7(11)6-12-5-4-10/h7,12H,4-6H2,1-3H3. The van der Waals surface area contributed by atoms with Gasteiger partial charge in [0.15, 0.2) is 0 Å². The van der Waals surface area contributed by atoms with Crippen molar-refractivity contribution >= 4 is 29.2 Å². The Kier molecular flexibility index (Phi) is 6.49. The van der Waals surface area contributed by atoms with Crippen molar-refractivity contribution < 1.29 is 9.53 Å². The van der Waals surface area contributed by atoms with Gasteiger partial charge in [-0.3, -0.25) is 4.79 Å². The smallest absolute Gasteiger partial charge is 0.325 e. The van der Waals surface area contributed by atoms with Gasteiger partial charge in [0.25, 0.3) is 0 Å². The van der Waals surface area contributed by atoms with Crippen LogP contribution in [0.1, 0.15) is 20.8 Å². The molecule has 0 amide bonds. The molecule has 14 heavy (non-hydrogen) atoms. The third-order valence-corrected chi connectivity index (χ3v) is 1.78. The lowest BCUT2D eigenvalue weighted by molar-refractivity contribution is -0.154. The van der Waals surface area contributed by atoms with Crippen molar-refractivity contribution in [2.24, 2.45) is 0 Å². The molecule has 0 spiro atoms. The largest absolute Gasteiger partial charge is 0.459 e. The first-order chi connectivity index (χ1) is 6.37. The molecule has 0 aromatic carbocycles. The minimum atomic E-state index is -0.655. The molecule has 0 fully saturated rings. The predicted octanol–water partition coefficient (Wildman–Crippen LogP) is 1.76. The number of alkyl halides is 2. The molecule has 0 aromatic rings. The second-order valence-electron chi connectivity index (χ2n) is 3.89. The summed E-state index contributed by atoms with van der Waals surface area (Å²) in [6.07, 6.45) is 0. The Bertz CT molecular complexity index is 180. The van der Waals surface area contributed by atoms with Gasteiger partial charge in [0.1, 0.15) is 11.0 Å². The molecule has 0 heterocycles. The number of halogens is 2. The van der Waals surface area contributed by atoms with Gasteiger partial charge >= 0.3 is 5.97 Å². The highest BCUT2D eigenvalue weighted by Gasteiger charge is 2.22. The summed E-state index contributed by atoms with van der Waals surface area (Å²) in [6, 6.07) is 0. The maximum Gasteiger partial charge on any atom is 0.325 e. The lowest BCUT2D eigenvalue weighted by atomic mass is 10.2. The van der Waals surface area contributed by atoms with Gasteiger partial charge < -0.3 is 10.1 Å². The molecule has 0 aliphatic rings. The zero-order valence-electron chi connectivity index (χ0n) is 8.77. The summed E-state index contributed by atoms with van der Waals surface area (Å²) in [6.45, 7) is 6.43. The third-order valence-electron chi connectivity index (χ3n) is 1.26. The molecule has 3 nitrogen and oxygen atoms in total. The fourth-order valence-corrected chi connectivity index (χ4v) is 1.03. The fraction of sp³-hybridized carbons (Fsp3) is 0.889. The van der Waals surface area contributed by atoms with Gasteiger partial charge in [0.2, 0.25) is 0 Å². The lowest BCUT2D eigenvalue weighted by Gasteiger charge is -2.21. The average Bonchev–Trinajstić information content (AvgIpc) is 2.01. The van der Waals surface area contributed by atoms with E-state index in [0.29, 0.717) is 19.0 Å². The second kappa shape index (κ2) is 6.49. The maximum atomic E-state index is 11.3. The fourth-order valence-electron chi connectivity index (χ4n) is 0.745. The summed E-state index contributed by atoms with van der Waals surface area (Å²) < 4.78 is 5.09. The summed E-state index contributed by atoms with van der Waals surface area (Å²) in [7, 11) is 0. The summed E-state index contributed by atoms with van der Waals surface area (Å²) in [5.41, 5.74) is -0.489. The highest BCUT2D eigenvalue weighted by Crippen LogP contribution is 2.10. The zero-order valence-corrected chi connectivity index (χ0v) is 10.3. The Balaban J connectivity index is 3.77. The molecule has 0 radical (unpaired) electrons. The molecule has 0 aromatic heterocycles. The van der Waals surface area contributed by atoms with Crippen molar-refractivity contribution in [3.05, 3.63) is 0 Å². The number of nitrogens with one attached hydrogen (secondary N) is 1. The van der Waals surface area contributed by atoms with Crippen LogP contribution in [0.15, 0.2) is 0 Å². The molecule has 5 heteroatoms. The molecule has 1 N–H and O–H groups in total. The van der Waals surface area contributed by atoms with E-state index in [9.17, 15) is 4.79 Å². The first kappa shape index (κ1) is 14.0. The topological polar surface area (TPSA) is 38.3 Å². The Labute approximate surface area is 95.1 Å². The van der Waals surface area contributed by atoms with Crippen LogP contribution in [0.4, 0.5) is 0 Å². The van der Waals surface area contributed by atoms with Crippen molar-refractivity contribution in [2.75, 3.05) is 19.0 Å². The molecule has 0 saturated heterocycles. The number of ether oxygens (including phenoxy) is 1. The quantitative estimate of drug-likeness (QED) is 0.453. The second-order valence-corrected chi connectivity index (χ2v) is 4.80. The van der Waals surface area contributed by atoms with Gasteiger partial charge in [-0.1, -0.05) is 0 Å².